The van der Waals surface area contributed by atoms with Gasteiger partial charge in [0, 0.05) is 7.05 Å². The zero-order valence-corrected chi connectivity index (χ0v) is 11.5. The van der Waals surface area contributed by atoms with Gasteiger partial charge < -0.3 is 16.2 Å². The smallest absolute Gasteiger partial charge is 0.326 e. The predicted octanol–water partition coefficient (Wildman–Crippen LogP) is -2.26. The second kappa shape index (κ2) is 8.80. The van der Waals surface area contributed by atoms with Crippen molar-refractivity contribution < 1.29 is 23.1 Å². The minimum atomic E-state index is -3.72. The number of rotatable bonds is 10. The van der Waals surface area contributed by atoms with E-state index in [9.17, 15) is 18.0 Å². The topological polar surface area (TPSA) is 151 Å². The fourth-order valence-electron chi connectivity index (χ4n) is 1.23. The molecule has 0 unspecified atom stereocenters. The van der Waals surface area contributed by atoms with E-state index in [2.05, 4.69) is 5.32 Å². The summed E-state index contributed by atoms with van der Waals surface area (Å²) in [5.41, 5.74) is 5.28. The number of carboxylic acid groups (broad SMARTS) is 1. The van der Waals surface area contributed by atoms with Crippen molar-refractivity contribution in [1.82, 2.24) is 14.8 Å². The van der Waals surface area contributed by atoms with Gasteiger partial charge in [0.15, 0.2) is 0 Å². The van der Waals surface area contributed by atoms with E-state index in [0.29, 0.717) is 19.4 Å². The van der Waals surface area contributed by atoms with Gasteiger partial charge in [-0.3, -0.25) is 4.79 Å². The van der Waals surface area contributed by atoms with Crippen molar-refractivity contribution in [2.45, 2.75) is 25.3 Å². The monoisotopic (exact) mass is 296 g/mol. The predicted molar refractivity (Wildman–Crippen MR) is 68.5 cm³/mol. The molecule has 19 heavy (non-hydrogen) atoms. The van der Waals surface area contributed by atoms with Gasteiger partial charge in [-0.05, 0) is 25.8 Å². The van der Waals surface area contributed by atoms with Gasteiger partial charge in [-0.25, -0.2) is 9.52 Å². The molecular formula is C9H20N4O5S. The first-order chi connectivity index (χ1) is 8.82. The normalized spacial score (nSPS) is 12.9. The third kappa shape index (κ3) is 8.48. The molecule has 0 aliphatic rings. The summed E-state index contributed by atoms with van der Waals surface area (Å²) >= 11 is 0. The van der Waals surface area contributed by atoms with E-state index in [-0.39, 0.29) is 6.42 Å². The van der Waals surface area contributed by atoms with Crippen molar-refractivity contribution in [3.8, 4) is 0 Å². The molecular weight excluding hydrogens is 276 g/mol. The Morgan fingerprint density at radius 3 is 2.42 bits per heavy atom. The van der Waals surface area contributed by atoms with Crippen LogP contribution in [-0.4, -0.2) is 51.6 Å². The van der Waals surface area contributed by atoms with Crippen LogP contribution in [0.2, 0.25) is 0 Å². The Morgan fingerprint density at radius 1 is 1.32 bits per heavy atom. The first-order valence-electron chi connectivity index (χ1n) is 5.72. The van der Waals surface area contributed by atoms with E-state index in [0.717, 1.165) is 0 Å². The summed E-state index contributed by atoms with van der Waals surface area (Å²) in [5.74, 6) is -1.87. The number of hydrogen-bond acceptors (Lipinski definition) is 5. The van der Waals surface area contributed by atoms with Crippen LogP contribution in [0.5, 0.6) is 0 Å². The molecule has 0 fully saturated rings. The molecule has 6 N–H and O–H groups in total. The average Bonchev–Trinajstić information content (AvgIpc) is 2.35. The van der Waals surface area contributed by atoms with E-state index in [4.69, 9.17) is 10.8 Å². The lowest BCUT2D eigenvalue weighted by molar-refractivity contribution is -0.141. The quantitative estimate of drug-likeness (QED) is 0.287. The van der Waals surface area contributed by atoms with E-state index in [1.165, 1.54) is 7.05 Å². The molecule has 0 heterocycles. The van der Waals surface area contributed by atoms with Gasteiger partial charge in [0.25, 0.3) is 10.2 Å². The molecule has 0 spiro atoms. The van der Waals surface area contributed by atoms with Crippen LogP contribution in [0.3, 0.4) is 0 Å². The van der Waals surface area contributed by atoms with Crippen LogP contribution in [0.4, 0.5) is 0 Å². The fraction of sp³-hybridized carbons (Fsp3) is 0.778. The SMILES string of the molecule is CNS(=O)(=O)NCC(=O)N[C@@H](CCCCN)C(=O)O. The third-order valence-electron chi connectivity index (χ3n) is 2.27. The van der Waals surface area contributed by atoms with Gasteiger partial charge in [-0.2, -0.15) is 13.1 Å². The van der Waals surface area contributed by atoms with Crippen molar-refractivity contribution >= 4 is 22.1 Å². The lowest BCUT2D eigenvalue weighted by Gasteiger charge is -2.14. The second-order valence-corrected chi connectivity index (χ2v) is 5.48. The standard InChI is InChI=1S/C9H20N4O5S/c1-11-19(17,18)12-6-8(14)13-7(9(15)16)4-2-3-5-10/h7,11-12H,2-6,10H2,1H3,(H,13,14)(H,15,16)/t7-/m0/s1. The summed E-state index contributed by atoms with van der Waals surface area (Å²) in [5, 5.41) is 11.1. The van der Waals surface area contributed by atoms with Crippen LogP contribution in [0.1, 0.15) is 19.3 Å². The Morgan fingerprint density at radius 2 is 1.95 bits per heavy atom. The molecule has 0 aliphatic heterocycles. The van der Waals surface area contributed by atoms with E-state index >= 15 is 0 Å². The molecule has 0 aromatic heterocycles. The van der Waals surface area contributed by atoms with Crippen molar-refractivity contribution in [2.24, 2.45) is 5.73 Å². The number of unbranched alkanes of at least 4 members (excludes halogenated alkanes) is 1. The number of carbonyl (C=O) groups is 2. The van der Waals surface area contributed by atoms with Gasteiger partial charge in [-0.15, -0.1) is 0 Å². The number of carbonyl (C=O) groups excluding carboxylic acids is 1. The molecule has 0 aromatic carbocycles. The van der Waals surface area contributed by atoms with Gasteiger partial charge in [0.1, 0.15) is 6.04 Å². The molecule has 9 nitrogen and oxygen atoms in total. The van der Waals surface area contributed by atoms with Gasteiger partial charge in [0.2, 0.25) is 5.91 Å². The van der Waals surface area contributed by atoms with E-state index in [1.807, 2.05) is 9.44 Å². The molecule has 1 atom stereocenters. The van der Waals surface area contributed by atoms with Crippen molar-refractivity contribution in [3.05, 3.63) is 0 Å². The minimum absolute atomic E-state index is 0.247. The van der Waals surface area contributed by atoms with E-state index in [1.54, 1.807) is 0 Å². The van der Waals surface area contributed by atoms with Gasteiger partial charge in [0.05, 0.1) is 6.54 Å². The van der Waals surface area contributed by atoms with Crippen LogP contribution in [0, 0.1) is 0 Å². The summed E-state index contributed by atoms with van der Waals surface area (Å²) in [6.07, 6.45) is 1.47. The van der Waals surface area contributed by atoms with E-state index < -0.39 is 34.7 Å². The lowest BCUT2D eigenvalue weighted by Crippen LogP contribution is -2.47. The molecule has 0 rings (SSSR count). The Kier molecular flexibility index (Phi) is 8.23. The molecule has 1 amide bonds. The largest absolute Gasteiger partial charge is 0.480 e. The molecule has 0 saturated heterocycles. The minimum Gasteiger partial charge on any atom is -0.480 e. The molecule has 0 aliphatic carbocycles. The highest BCUT2D eigenvalue weighted by Crippen LogP contribution is 2.00. The fourth-order valence-corrected chi connectivity index (χ4v) is 1.69. The molecule has 0 radical (unpaired) electrons. The first-order valence-corrected chi connectivity index (χ1v) is 7.21. The van der Waals surface area contributed by atoms with Crippen LogP contribution < -0.4 is 20.5 Å². The molecule has 0 aromatic rings. The number of aliphatic carboxylic acids is 1. The molecule has 10 heteroatoms. The summed E-state index contributed by atoms with van der Waals surface area (Å²) < 4.78 is 25.9. The molecule has 0 bridgehead atoms. The first kappa shape index (κ1) is 17.8. The summed E-state index contributed by atoms with van der Waals surface area (Å²) in [7, 11) is -2.53. The highest BCUT2D eigenvalue weighted by molar-refractivity contribution is 7.87. The zero-order chi connectivity index (χ0) is 14.9. The number of amides is 1. The zero-order valence-electron chi connectivity index (χ0n) is 10.7. The number of nitrogens with one attached hydrogen (secondary N) is 3. The molecule has 112 valence electrons. The maximum atomic E-state index is 11.4. The maximum Gasteiger partial charge on any atom is 0.326 e. The third-order valence-corrected chi connectivity index (χ3v) is 3.33. The van der Waals surface area contributed by atoms with Crippen molar-refractivity contribution in [2.75, 3.05) is 20.1 Å². The number of carboxylic acids is 1. The summed E-state index contributed by atoms with van der Waals surface area (Å²) in [4.78, 5) is 22.3. The summed E-state index contributed by atoms with van der Waals surface area (Å²) in [6.45, 7) is -0.0773. The van der Waals surface area contributed by atoms with Crippen molar-refractivity contribution in [1.29, 1.82) is 0 Å². The highest BCUT2D eigenvalue weighted by atomic mass is 32.2. The Balaban J connectivity index is 4.21. The Labute approximate surface area is 112 Å². The van der Waals surface area contributed by atoms with Crippen molar-refractivity contribution in [3.63, 3.8) is 0 Å². The van der Waals surface area contributed by atoms with Crippen LogP contribution in [0.15, 0.2) is 0 Å². The van der Waals surface area contributed by atoms with Crippen LogP contribution in [0.25, 0.3) is 0 Å². The summed E-state index contributed by atoms with van der Waals surface area (Å²) in [6, 6.07) is -1.04. The molecule has 0 saturated carbocycles. The second-order valence-electron chi connectivity index (χ2n) is 3.77. The van der Waals surface area contributed by atoms with Gasteiger partial charge in [-0.1, -0.05) is 0 Å². The number of hydrogen-bond donors (Lipinski definition) is 5. The van der Waals surface area contributed by atoms with Gasteiger partial charge >= 0.3 is 5.97 Å². The average molecular weight is 296 g/mol. The Bertz CT molecular complexity index is 397. The van der Waals surface area contributed by atoms with Crippen LogP contribution in [-0.2, 0) is 19.8 Å². The maximum absolute atomic E-state index is 11.4. The highest BCUT2D eigenvalue weighted by Gasteiger charge is 2.20. The lowest BCUT2D eigenvalue weighted by atomic mass is 10.1. The Hall–Kier alpha value is -1.23. The number of nitrogens with two attached hydrogens (primary N) is 1. The van der Waals surface area contributed by atoms with Crippen LogP contribution >= 0.6 is 0 Å².